The van der Waals surface area contributed by atoms with E-state index in [1.54, 1.807) is 12.4 Å². The van der Waals surface area contributed by atoms with Crippen molar-refractivity contribution < 1.29 is 0 Å². The smallest absolute Gasteiger partial charge is 0.245 e. The van der Waals surface area contributed by atoms with E-state index in [0.29, 0.717) is 0 Å². The van der Waals surface area contributed by atoms with Crippen LogP contribution < -0.4 is 10.6 Å². The third-order valence-corrected chi connectivity index (χ3v) is 3.15. The molecule has 0 spiro atoms. The Hall–Kier alpha value is -1.95. The average Bonchev–Trinajstić information content (AvgIpc) is 2.89. The Balaban J connectivity index is 1.81. The molecular formula is C12H16N6. The Morgan fingerprint density at radius 2 is 2.39 bits per heavy atom. The van der Waals surface area contributed by atoms with Gasteiger partial charge in [-0.15, -0.1) is 5.10 Å². The van der Waals surface area contributed by atoms with Gasteiger partial charge >= 0.3 is 0 Å². The highest BCUT2D eigenvalue weighted by molar-refractivity contribution is 5.54. The average molecular weight is 244 g/mol. The molecule has 1 aliphatic rings. The lowest BCUT2D eigenvalue weighted by Crippen LogP contribution is -2.43. The maximum Gasteiger partial charge on any atom is 0.245 e. The first-order valence-corrected chi connectivity index (χ1v) is 6.16. The highest BCUT2D eigenvalue weighted by Crippen LogP contribution is 2.19. The molecule has 2 aromatic heterocycles. The van der Waals surface area contributed by atoms with Crippen LogP contribution in [-0.4, -0.2) is 39.3 Å². The molecule has 0 radical (unpaired) electrons. The molecule has 94 valence electrons. The monoisotopic (exact) mass is 244 g/mol. The molecule has 3 heterocycles. The lowest BCUT2D eigenvalue weighted by atomic mass is 10.1. The van der Waals surface area contributed by atoms with Crippen LogP contribution in [0.1, 0.15) is 12.8 Å². The van der Waals surface area contributed by atoms with Crippen molar-refractivity contribution in [3.05, 3.63) is 24.5 Å². The second-order valence-electron chi connectivity index (χ2n) is 4.57. The first kappa shape index (κ1) is 11.2. The largest absolute Gasteiger partial charge is 0.338 e. The molecule has 0 bridgehead atoms. The summed E-state index contributed by atoms with van der Waals surface area (Å²) in [7, 11) is 0. The van der Waals surface area contributed by atoms with E-state index in [9.17, 15) is 0 Å². The van der Waals surface area contributed by atoms with Gasteiger partial charge in [0.15, 0.2) is 5.82 Å². The van der Waals surface area contributed by atoms with Gasteiger partial charge < -0.3 is 10.6 Å². The normalized spacial score (nSPS) is 20.1. The van der Waals surface area contributed by atoms with E-state index in [0.717, 1.165) is 43.3 Å². The van der Waals surface area contributed by atoms with Crippen LogP contribution in [0, 0.1) is 0 Å². The van der Waals surface area contributed by atoms with Crippen molar-refractivity contribution in [3.8, 4) is 11.4 Å². The van der Waals surface area contributed by atoms with Gasteiger partial charge in [0.25, 0.3) is 0 Å². The third kappa shape index (κ3) is 2.19. The van der Waals surface area contributed by atoms with Gasteiger partial charge in [0.2, 0.25) is 5.95 Å². The Bertz CT molecular complexity index is 508. The SMILES string of the molecule is NC1CCCN(c2n[nH]c(-c3cccnc3)n2)C1. The van der Waals surface area contributed by atoms with Crippen molar-refractivity contribution in [1.82, 2.24) is 20.2 Å². The van der Waals surface area contributed by atoms with Gasteiger partial charge in [-0.1, -0.05) is 0 Å². The van der Waals surface area contributed by atoms with Gasteiger partial charge in [0, 0.05) is 37.1 Å². The molecule has 3 N–H and O–H groups in total. The van der Waals surface area contributed by atoms with Crippen molar-refractivity contribution in [3.63, 3.8) is 0 Å². The summed E-state index contributed by atoms with van der Waals surface area (Å²) in [4.78, 5) is 10.7. The number of rotatable bonds is 2. The minimum absolute atomic E-state index is 0.221. The number of piperidine rings is 1. The Labute approximate surface area is 105 Å². The number of aromatic nitrogens is 4. The maximum atomic E-state index is 5.96. The maximum absolute atomic E-state index is 5.96. The van der Waals surface area contributed by atoms with E-state index >= 15 is 0 Å². The molecular weight excluding hydrogens is 228 g/mol. The molecule has 6 nitrogen and oxygen atoms in total. The van der Waals surface area contributed by atoms with Crippen molar-refractivity contribution in [2.75, 3.05) is 18.0 Å². The molecule has 1 unspecified atom stereocenters. The van der Waals surface area contributed by atoms with E-state index in [1.165, 1.54) is 0 Å². The van der Waals surface area contributed by atoms with Gasteiger partial charge in [-0.25, -0.2) is 0 Å². The number of nitrogens with one attached hydrogen (secondary N) is 1. The van der Waals surface area contributed by atoms with Crippen LogP contribution in [0.3, 0.4) is 0 Å². The summed E-state index contributed by atoms with van der Waals surface area (Å²) >= 11 is 0. The molecule has 2 aromatic rings. The first-order chi connectivity index (χ1) is 8.83. The molecule has 0 aromatic carbocycles. The Morgan fingerprint density at radius 3 is 3.17 bits per heavy atom. The number of pyridine rings is 1. The topological polar surface area (TPSA) is 83.7 Å². The second-order valence-corrected chi connectivity index (χ2v) is 4.57. The standard InChI is InChI=1S/C12H16N6/c13-10-4-2-6-18(8-10)12-15-11(16-17-12)9-3-1-5-14-7-9/h1,3,5,7,10H,2,4,6,8,13H2,(H,15,16,17). The van der Waals surface area contributed by atoms with Gasteiger partial charge in [-0.3, -0.25) is 10.1 Å². The van der Waals surface area contributed by atoms with Gasteiger partial charge in [0.1, 0.15) is 0 Å². The molecule has 1 fully saturated rings. The summed E-state index contributed by atoms with van der Waals surface area (Å²) < 4.78 is 0. The molecule has 3 rings (SSSR count). The number of nitrogens with zero attached hydrogens (tertiary/aromatic N) is 4. The van der Waals surface area contributed by atoms with Crippen molar-refractivity contribution in [1.29, 1.82) is 0 Å². The zero-order valence-electron chi connectivity index (χ0n) is 10.1. The second kappa shape index (κ2) is 4.73. The van der Waals surface area contributed by atoms with Crippen LogP contribution in [0.25, 0.3) is 11.4 Å². The summed E-state index contributed by atoms with van der Waals surface area (Å²) in [5.41, 5.74) is 6.91. The molecule has 0 aliphatic carbocycles. The molecule has 1 saturated heterocycles. The molecule has 0 saturated carbocycles. The van der Waals surface area contributed by atoms with Crippen molar-refractivity contribution in [2.45, 2.75) is 18.9 Å². The van der Waals surface area contributed by atoms with Crippen LogP contribution in [0.15, 0.2) is 24.5 Å². The summed E-state index contributed by atoms with van der Waals surface area (Å²) in [6.45, 7) is 1.79. The zero-order valence-corrected chi connectivity index (χ0v) is 10.1. The van der Waals surface area contributed by atoms with Crippen LogP contribution in [0.5, 0.6) is 0 Å². The summed E-state index contributed by atoms with van der Waals surface area (Å²) in [5, 5.41) is 7.21. The van der Waals surface area contributed by atoms with Crippen LogP contribution in [-0.2, 0) is 0 Å². The van der Waals surface area contributed by atoms with E-state index in [-0.39, 0.29) is 6.04 Å². The summed E-state index contributed by atoms with van der Waals surface area (Å²) in [6, 6.07) is 4.06. The lowest BCUT2D eigenvalue weighted by Gasteiger charge is -2.29. The molecule has 6 heteroatoms. The van der Waals surface area contributed by atoms with Gasteiger partial charge in [-0.05, 0) is 25.0 Å². The molecule has 18 heavy (non-hydrogen) atoms. The third-order valence-electron chi connectivity index (χ3n) is 3.15. The lowest BCUT2D eigenvalue weighted by molar-refractivity contribution is 0.500. The van der Waals surface area contributed by atoms with Crippen LogP contribution >= 0.6 is 0 Å². The van der Waals surface area contributed by atoms with E-state index in [1.807, 2.05) is 12.1 Å². The van der Waals surface area contributed by atoms with Crippen LogP contribution in [0.2, 0.25) is 0 Å². The number of H-pyrrole nitrogens is 1. The number of nitrogens with two attached hydrogens (primary N) is 1. The van der Waals surface area contributed by atoms with E-state index in [4.69, 9.17) is 5.73 Å². The number of anilines is 1. The van der Waals surface area contributed by atoms with Crippen molar-refractivity contribution >= 4 is 5.95 Å². The number of hydrogen-bond donors (Lipinski definition) is 2. The Kier molecular flexibility index (Phi) is 2.93. The predicted octanol–water partition coefficient (Wildman–Crippen LogP) is 0.794. The van der Waals surface area contributed by atoms with Crippen molar-refractivity contribution in [2.24, 2.45) is 5.73 Å². The summed E-state index contributed by atoms with van der Waals surface area (Å²) in [5.74, 6) is 1.47. The number of hydrogen-bond acceptors (Lipinski definition) is 5. The molecule has 1 aliphatic heterocycles. The van der Waals surface area contributed by atoms with E-state index < -0.39 is 0 Å². The first-order valence-electron chi connectivity index (χ1n) is 6.16. The minimum atomic E-state index is 0.221. The van der Waals surface area contributed by atoms with Gasteiger partial charge in [0.05, 0.1) is 0 Å². The molecule has 1 atom stereocenters. The number of aromatic amines is 1. The fourth-order valence-electron chi connectivity index (χ4n) is 2.22. The Morgan fingerprint density at radius 1 is 1.44 bits per heavy atom. The highest BCUT2D eigenvalue weighted by atomic mass is 15.4. The fraction of sp³-hybridized carbons (Fsp3) is 0.417. The predicted molar refractivity (Wildman–Crippen MR) is 69.0 cm³/mol. The van der Waals surface area contributed by atoms with E-state index in [2.05, 4.69) is 25.1 Å². The molecule has 0 amide bonds. The minimum Gasteiger partial charge on any atom is -0.338 e. The fourth-order valence-corrected chi connectivity index (χ4v) is 2.22. The van der Waals surface area contributed by atoms with Crippen LogP contribution in [0.4, 0.5) is 5.95 Å². The summed E-state index contributed by atoms with van der Waals surface area (Å²) in [6.07, 6.45) is 5.69. The highest BCUT2D eigenvalue weighted by Gasteiger charge is 2.20. The quantitative estimate of drug-likeness (QED) is 0.816. The van der Waals surface area contributed by atoms with Gasteiger partial charge in [-0.2, -0.15) is 4.98 Å². The zero-order chi connectivity index (χ0) is 12.4.